The Kier molecular flexibility index (Phi) is 2.74. The summed E-state index contributed by atoms with van der Waals surface area (Å²) in [5.41, 5.74) is 0.317. The zero-order valence-electron chi connectivity index (χ0n) is 8.28. The van der Waals surface area contributed by atoms with Gasteiger partial charge in [0.05, 0.1) is 5.70 Å². The number of Topliss-reactive ketones (excluding diaryl/α,β-unsaturated/α-hetero) is 1. The monoisotopic (exact) mass is 220 g/mol. The Balaban J connectivity index is 2.07. The molecule has 6 nitrogen and oxygen atoms in total. The summed E-state index contributed by atoms with van der Waals surface area (Å²) >= 11 is 0. The predicted octanol–water partition coefficient (Wildman–Crippen LogP) is -1.08. The molecule has 16 heavy (non-hydrogen) atoms. The minimum absolute atomic E-state index is 0.317. The highest BCUT2D eigenvalue weighted by Crippen LogP contribution is 2.08. The number of carbonyl (C=O) groups is 2. The van der Waals surface area contributed by atoms with Gasteiger partial charge >= 0.3 is 6.03 Å². The zero-order chi connectivity index (χ0) is 11.5. The van der Waals surface area contributed by atoms with Crippen molar-refractivity contribution in [1.82, 2.24) is 16.0 Å². The minimum atomic E-state index is -1.25. The molecule has 0 fully saturated rings. The third-order valence-electron chi connectivity index (χ3n) is 2.13. The molecule has 1 aliphatic carbocycles. The molecule has 0 aromatic carbocycles. The Morgan fingerprint density at radius 1 is 1.50 bits per heavy atom. The molecule has 6 heteroatoms. The number of ketones is 1. The van der Waals surface area contributed by atoms with Crippen LogP contribution in [0.3, 0.4) is 0 Å². The van der Waals surface area contributed by atoms with E-state index in [0.29, 0.717) is 18.1 Å². The van der Waals surface area contributed by atoms with Crippen LogP contribution in [0.1, 0.15) is 0 Å². The van der Waals surface area contributed by atoms with Gasteiger partial charge in [-0.05, 0) is 18.2 Å². The SMILES string of the molecule is O=C1NCC=C(NC2=CC=[C]C(=O)C2O)N1. The summed E-state index contributed by atoms with van der Waals surface area (Å²) in [6.07, 6.45) is 5.75. The van der Waals surface area contributed by atoms with Gasteiger partial charge in [0.1, 0.15) is 5.82 Å². The quantitative estimate of drug-likeness (QED) is 0.476. The van der Waals surface area contributed by atoms with E-state index in [4.69, 9.17) is 0 Å². The second-order valence-corrected chi connectivity index (χ2v) is 3.28. The van der Waals surface area contributed by atoms with Gasteiger partial charge in [0.25, 0.3) is 0 Å². The highest BCUT2D eigenvalue weighted by molar-refractivity contribution is 5.93. The molecular formula is C10H10N3O3. The number of hydrogen-bond donors (Lipinski definition) is 4. The number of aliphatic hydroxyl groups is 1. The van der Waals surface area contributed by atoms with E-state index in [1.807, 2.05) is 0 Å². The normalized spacial score (nSPS) is 24.2. The molecule has 4 N–H and O–H groups in total. The average Bonchev–Trinajstić information content (AvgIpc) is 2.25. The van der Waals surface area contributed by atoms with Crippen LogP contribution in [0.4, 0.5) is 4.79 Å². The van der Waals surface area contributed by atoms with Crippen molar-refractivity contribution in [2.45, 2.75) is 6.10 Å². The molecule has 0 bridgehead atoms. The van der Waals surface area contributed by atoms with Crippen molar-refractivity contribution in [3.8, 4) is 0 Å². The van der Waals surface area contributed by atoms with Crippen LogP contribution >= 0.6 is 0 Å². The van der Waals surface area contributed by atoms with Gasteiger partial charge in [-0.1, -0.05) is 0 Å². The topological polar surface area (TPSA) is 90.5 Å². The number of carbonyl (C=O) groups excluding carboxylic acids is 2. The van der Waals surface area contributed by atoms with Crippen LogP contribution in [0.15, 0.2) is 29.7 Å². The van der Waals surface area contributed by atoms with Crippen molar-refractivity contribution >= 4 is 11.8 Å². The summed E-state index contributed by atoms with van der Waals surface area (Å²) in [4.78, 5) is 22.1. The van der Waals surface area contributed by atoms with E-state index in [9.17, 15) is 14.7 Å². The zero-order valence-corrected chi connectivity index (χ0v) is 8.28. The van der Waals surface area contributed by atoms with Crippen molar-refractivity contribution in [3.05, 3.63) is 35.8 Å². The maximum absolute atomic E-state index is 11.1. The van der Waals surface area contributed by atoms with Gasteiger partial charge in [-0.2, -0.15) is 0 Å². The number of urea groups is 1. The van der Waals surface area contributed by atoms with E-state index in [1.165, 1.54) is 12.2 Å². The van der Waals surface area contributed by atoms with Gasteiger partial charge in [-0.3, -0.25) is 10.1 Å². The highest BCUT2D eigenvalue weighted by Gasteiger charge is 2.22. The van der Waals surface area contributed by atoms with E-state index < -0.39 is 11.9 Å². The molecule has 1 radical (unpaired) electrons. The average molecular weight is 220 g/mol. The van der Waals surface area contributed by atoms with E-state index >= 15 is 0 Å². The van der Waals surface area contributed by atoms with E-state index in [-0.39, 0.29) is 6.03 Å². The maximum atomic E-state index is 11.1. The lowest BCUT2D eigenvalue weighted by atomic mass is 10.1. The summed E-state index contributed by atoms with van der Waals surface area (Å²) in [6, 6.07) is -0.329. The summed E-state index contributed by atoms with van der Waals surface area (Å²) < 4.78 is 0. The lowest BCUT2D eigenvalue weighted by Gasteiger charge is -2.21. The molecule has 0 aromatic heterocycles. The first-order valence-electron chi connectivity index (χ1n) is 4.70. The minimum Gasteiger partial charge on any atom is -0.379 e. The fourth-order valence-electron chi connectivity index (χ4n) is 1.34. The summed E-state index contributed by atoms with van der Waals surface area (Å²) in [5, 5.41) is 17.3. The molecule has 1 unspecified atom stereocenters. The fourth-order valence-corrected chi connectivity index (χ4v) is 1.34. The Morgan fingerprint density at radius 2 is 2.31 bits per heavy atom. The van der Waals surface area contributed by atoms with Crippen molar-refractivity contribution in [3.63, 3.8) is 0 Å². The molecule has 0 saturated carbocycles. The van der Waals surface area contributed by atoms with Crippen molar-refractivity contribution < 1.29 is 14.7 Å². The lowest BCUT2D eigenvalue weighted by molar-refractivity contribution is -0.121. The van der Waals surface area contributed by atoms with Gasteiger partial charge in [0, 0.05) is 12.6 Å². The molecule has 2 aliphatic rings. The van der Waals surface area contributed by atoms with Crippen molar-refractivity contribution in [1.29, 1.82) is 0 Å². The Morgan fingerprint density at radius 3 is 3.06 bits per heavy atom. The standard InChI is InChI=1S/C10H10N3O3/c14-7-3-1-2-6(9(7)15)12-8-4-5-11-10(16)13-8/h1-2,4,9,12,15H,5H2,(H2,11,13,16). The van der Waals surface area contributed by atoms with E-state index in [0.717, 1.165) is 0 Å². The Hall–Kier alpha value is -2.08. The van der Waals surface area contributed by atoms with Crippen LogP contribution in [0.2, 0.25) is 0 Å². The summed E-state index contributed by atoms with van der Waals surface area (Å²) in [6.45, 7) is 0.396. The van der Waals surface area contributed by atoms with Crippen LogP contribution in [0, 0.1) is 6.08 Å². The molecular weight excluding hydrogens is 210 g/mol. The van der Waals surface area contributed by atoms with Gasteiger partial charge in [0.2, 0.25) is 0 Å². The molecule has 0 spiro atoms. The number of nitrogens with one attached hydrogen (secondary N) is 3. The first-order valence-corrected chi connectivity index (χ1v) is 4.70. The van der Waals surface area contributed by atoms with Gasteiger partial charge in [-0.15, -0.1) is 0 Å². The molecule has 0 saturated heterocycles. The van der Waals surface area contributed by atoms with Crippen LogP contribution in [0.5, 0.6) is 0 Å². The Bertz CT molecular complexity index is 423. The molecule has 1 atom stereocenters. The summed E-state index contributed by atoms with van der Waals surface area (Å²) in [7, 11) is 0. The van der Waals surface area contributed by atoms with Gasteiger partial charge in [-0.25, -0.2) is 4.79 Å². The third-order valence-corrected chi connectivity index (χ3v) is 2.13. The van der Waals surface area contributed by atoms with Crippen LogP contribution in [-0.2, 0) is 4.79 Å². The lowest BCUT2D eigenvalue weighted by Crippen LogP contribution is -2.45. The molecule has 1 heterocycles. The fraction of sp³-hybridized carbons (Fsp3) is 0.200. The predicted molar refractivity (Wildman–Crippen MR) is 54.7 cm³/mol. The highest BCUT2D eigenvalue weighted by atomic mass is 16.3. The number of rotatable bonds is 2. The third kappa shape index (κ3) is 2.12. The number of hydrogen-bond acceptors (Lipinski definition) is 4. The number of allylic oxidation sites excluding steroid dienone is 2. The number of aliphatic hydroxyl groups excluding tert-OH is 1. The second-order valence-electron chi connectivity index (χ2n) is 3.28. The molecule has 0 aromatic rings. The van der Waals surface area contributed by atoms with E-state index in [2.05, 4.69) is 22.0 Å². The second kappa shape index (κ2) is 4.19. The maximum Gasteiger partial charge on any atom is 0.320 e. The number of amides is 2. The first kappa shape index (κ1) is 10.4. The first-order chi connectivity index (χ1) is 7.66. The van der Waals surface area contributed by atoms with Crippen molar-refractivity contribution in [2.24, 2.45) is 0 Å². The molecule has 2 rings (SSSR count). The van der Waals surface area contributed by atoms with Gasteiger partial charge in [0.15, 0.2) is 11.9 Å². The van der Waals surface area contributed by atoms with Gasteiger partial charge < -0.3 is 15.7 Å². The van der Waals surface area contributed by atoms with Crippen LogP contribution in [-0.4, -0.2) is 29.6 Å². The van der Waals surface area contributed by atoms with E-state index in [1.54, 1.807) is 6.08 Å². The Labute approximate surface area is 91.7 Å². The van der Waals surface area contributed by atoms with Crippen LogP contribution in [0.25, 0.3) is 0 Å². The molecule has 2 amide bonds. The van der Waals surface area contributed by atoms with Crippen LogP contribution < -0.4 is 16.0 Å². The largest absolute Gasteiger partial charge is 0.379 e. The molecule has 1 aliphatic heterocycles. The summed E-state index contributed by atoms with van der Waals surface area (Å²) in [5.74, 6) is -0.0667. The molecule has 83 valence electrons. The van der Waals surface area contributed by atoms with Crippen molar-refractivity contribution in [2.75, 3.05) is 6.54 Å². The smallest absolute Gasteiger partial charge is 0.320 e.